The molecule has 0 spiro atoms. The van der Waals surface area contributed by atoms with Crippen LogP contribution in [0.2, 0.25) is 0 Å². The molecule has 8 atom stereocenters. The van der Waals surface area contributed by atoms with Crippen molar-refractivity contribution in [2.24, 2.45) is 0 Å². The van der Waals surface area contributed by atoms with E-state index in [0.717, 1.165) is 31.2 Å². The Morgan fingerprint density at radius 3 is 1.95 bits per heavy atom. The molecule has 1 aromatic carbocycles. The lowest BCUT2D eigenvalue weighted by molar-refractivity contribution is -0.303. The van der Waals surface area contributed by atoms with E-state index in [1.54, 1.807) is 24.3 Å². The third-order valence-corrected chi connectivity index (χ3v) is 8.08. The van der Waals surface area contributed by atoms with Crippen molar-refractivity contribution in [1.82, 2.24) is 5.32 Å². The number of ether oxygens (including phenoxy) is 2. The molecule has 1 fully saturated rings. The van der Waals surface area contributed by atoms with Crippen LogP contribution in [0.25, 0.3) is 0 Å². The Morgan fingerprint density at radius 1 is 0.857 bits per heavy atom. The highest BCUT2D eigenvalue weighted by Crippen LogP contribution is 2.23. The van der Waals surface area contributed by atoms with Gasteiger partial charge in [0.25, 0.3) is 5.91 Å². The molecule has 242 valence electrons. The fourth-order valence-electron chi connectivity index (χ4n) is 5.22. The molecule has 1 heterocycles. The number of aliphatic hydroxyl groups is 6. The summed E-state index contributed by atoms with van der Waals surface area (Å²) in [7, 11) is 0. The molecule has 42 heavy (non-hydrogen) atoms. The second-order valence-corrected chi connectivity index (χ2v) is 11.7. The van der Waals surface area contributed by atoms with Crippen molar-refractivity contribution < 1.29 is 44.9 Å². The maximum Gasteiger partial charge on any atom is 0.251 e. The zero-order chi connectivity index (χ0) is 30.9. The molecule has 1 saturated heterocycles. The SMILES string of the molecule is CCCCCCCCCCCCCC[C@@H](O)[C@@H](O)[C@H](CO[C@H]1O[C@H](CO)[C@H](O)[C@H](O)[C@H]1O)NC(=O)c1ccc(C)cc1. The second kappa shape index (κ2) is 20.3. The smallest absolute Gasteiger partial charge is 0.251 e. The van der Waals surface area contributed by atoms with Crippen LogP contribution in [0.4, 0.5) is 0 Å². The molecule has 1 aromatic rings. The minimum Gasteiger partial charge on any atom is -0.394 e. The molecule has 7 N–H and O–H groups in total. The van der Waals surface area contributed by atoms with Crippen molar-refractivity contribution in [3.63, 3.8) is 0 Å². The van der Waals surface area contributed by atoms with Gasteiger partial charge in [-0.05, 0) is 25.5 Å². The van der Waals surface area contributed by atoms with Crippen LogP contribution in [0.1, 0.15) is 106 Å². The average Bonchev–Trinajstić information content (AvgIpc) is 2.99. The third-order valence-electron chi connectivity index (χ3n) is 8.08. The summed E-state index contributed by atoms with van der Waals surface area (Å²) in [5, 5.41) is 64.3. The number of amides is 1. The van der Waals surface area contributed by atoms with E-state index in [0.29, 0.717) is 12.0 Å². The first-order valence-corrected chi connectivity index (χ1v) is 15.8. The van der Waals surface area contributed by atoms with Gasteiger partial charge in [-0.2, -0.15) is 0 Å². The van der Waals surface area contributed by atoms with E-state index in [4.69, 9.17) is 9.47 Å². The zero-order valence-electron chi connectivity index (χ0n) is 25.4. The minimum absolute atomic E-state index is 0.343. The summed E-state index contributed by atoms with van der Waals surface area (Å²) in [6.07, 6.45) is 4.65. The van der Waals surface area contributed by atoms with Gasteiger partial charge < -0.3 is 45.4 Å². The van der Waals surface area contributed by atoms with E-state index in [1.165, 1.54) is 51.4 Å². The van der Waals surface area contributed by atoms with Crippen LogP contribution >= 0.6 is 0 Å². The van der Waals surface area contributed by atoms with Gasteiger partial charge in [0.05, 0.1) is 25.4 Å². The van der Waals surface area contributed by atoms with Crippen LogP contribution in [-0.2, 0) is 9.47 Å². The topological polar surface area (TPSA) is 169 Å². The Kier molecular flexibility index (Phi) is 17.7. The van der Waals surface area contributed by atoms with Gasteiger partial charge in [-0.15, -0.1) is 0 Å². The molecule has 1 aliphatic rings. The first kappa shape index (κ1) is 36.6. The lowest BCUT2D eigenvalue weighted by atomic mass is 9.98. The van der Waals surface area contributed by atoms with Gasteiger partial charge >= 0.3 is 0 Å². The Bertz CT molecular complexity index is 853. The Balaban J connectivity index is 1.86. The summed E-state index contributed by atoms with van der Waals surface area (Å²) >= 11 is 0. The summed E-state index contributed by atoms with van der Waals surface area (Å²) in [4.78, 5) is 12.9. The lowest BCUT2D eigenvalue weighted by Crippen LogP contribution is -2.60. The predicted octanol–water partition coefficient (Wildman–Crippen LogP) is 2.72. The van der Waals surface area contributed by atoms with Crippen molar-refractivity contribution in [1.29, 1.82) is 0 Å². The first-order valence-electron chi connectivity index (χ1n) is 15.8. The molecule has 10 nitrogen and oxygen atoms in total. The second-order valence-electron chi connectivity index (χ2n) is 11.7. The Morgan fingerprint density at radius 2 is 1.40 bits per heavy atom. The van der Waals surface area contributed by atoms with Gasteiger partial charge in [-0.3, -0.25) is 4.79 Å². The standard InChI is InChI=1S/C32H55NO9/c1-3-4-5-6-7-8-9-10-11-12-13-14-15-25(35)27(36)24(33-31(40)23-18-16-22(2)17-19-23)21-41-32-30(39)29(38)28(37)26(20-34)42-32/h16-19,24-30,32,34-39H,3-15,20-21H2,1-2H3,(H,33,40)/t24-,25+,26+,27-,28-,29-,30+,32-/m0/s1. The molecule has 1 amide bonds. The number of aryl methyl sites for hydroxylation is 1. The minimum atomic E-state index is -1.63. The number of rotatable bonds is 21. The number of benzene rings is 1. The Labute approximate surface area is 251 Å². The summed E-state index contributed by atoms with van der Waals surface area (Å²) in [6, 6.07) is 5.80. The number of hydrogen-bond acceptors (Lipinski definition) is 9. The van der Waals surface area contributed by atoms with Crippen molar-refractivity contribution in [2.45, 2.75) is 146 Å². The molecule has 0 saturated carbocycles. The molecule has 0 radical (unpaired) electrons. The summed E-state index contributed by atoms with van der Waals surface area (Å²) in [5.74, 6) is -0.478. The van der Waals surface area contributed by atoms with Crippen LogP contribution in [-0.4, -0.2) is 98.7 Å². The normalized spacial score (nSPS) is 24.7. The quantitative estimate of drug-likeness (QED) is 0.105. The van der Waals surface area contributed by atoms with Crippen LogP contribution in [0.3, 0.4) is 0 Å². The molecular weight excluding hydrogens is 542 g/mol. The van der Waals surface area contributed by atoms with E-state index in [9.17, 15) is 35.4 Å². The average molecular weight is 598 g/mol. The highest BCUT2D eigenvalue weighted by molar-refractivity contribution is 5.94. The summed E-state index contributed by atoms with van der Waals surface area (Å²) < 4.78 is 11.0. The first-order chi connectivity index (χ1) is 20.2. The van der Waals surface area contributed by atoms with Crippen LogP contribution < -0.4 is 5.32 Å². The molecule has 10 heteroatoms. The fourth-order valence-corrected chi connectivity index (χ4v) is 5.22. The number of carbonyl (C=O) groups excluding carboxylic acids is 1. The number of nitrogens with one attached hydrogen (secondary N) is 1. The highest BCUT2D eigenvalue weighted by Gasteiger charge is 2.44. The van der Waals surface area contributed by atoms with E-state index in [1.807, 2.05) is 6.92 Å². The number of carbonyl (C=O) groups is 1. The Hall–Kier alpha value is -1.63. The molecule has 0 aliphatic carbocycles. The number of unbranched alkanes of at least 4 members (excludes halogenated alkanes) is 11. The number of aliphatic hydroxyl groups excluding tert-OH is 6. The zero-order valence-corrected chi connectivity index (χ0v) is 25.4. The molecule has 0 aromatic heterocycles. The van der Waals surface area contributed by atoms with Crippen molar-refractivity contribution in [2.75, 3.05) is 13.2 Å². The third kappa shape index (κ3) is 12.5. The van der Waals surface area contributed by atoms with Crippen molar-refractivity contribution >= 4 is 5.91 Å². The van der Waals surface area contributed by atoms with Gasteiger partial charge in [0.2, 0.25) is 0 Å². The van der Waals surface area contributed by atoms with E-state index in [-0.39, 0.29) is 6.61 Å². The molecule has 1 aliphatic heterocycles. The van der Waals surface area contributed by atoms with Crippen LogP contribution in [0, 0.1) is 6.92 Å². The predicted molar refractivity (Wildman–Crippen MR) is 160 cm³/mol. The van der Waals surface area contributed by atoms with Crippen molar-refractivity contribution in [3.8, 4) is 0 Å². The lowest BCUT2D eigenvalue weighted by Gasteiger charge is -2.40. The number of hydrogen-bond donors (Lipinski definition) is 7. The van der Waals surface area contributed by atoms with Crippen molar-refractivity contribution in [3.05, 3.63) is 35.4 Å². The van der Waals surface area contributed by atoms with Gasteiger partial charge in [0, 0.05) is 5.56 Å². The van der Waals surface area contributed by atoms with Gasteiger partial charge in [0.1, 0.15) is 30.5 Å². The monoisotopic (exact) mass is 597 g/mol. The van der Waals surface area contributed by atoms with E-state index < -0.39 is 61.5 Å². The fraction of sp³-hybridized carbons (Fsp3) is 0.781. The van der Waals surface area contributed by atoms with E-state index >= 15 is 0 Å². The van der Waals surface area contributed by atoms with Gasteiger partial charge in [-0.1, -0.05) is 102 Å². The van der Waals surface area contributed by atoms with Gasteiger partial charge in [-0.25, -0.2) is 0 Å². The maximum absolute atomic E-state index is 12.9. The van der Waals surface area contributed by atoms with Gasteiger partial charge in [0.15, 0.2) is 6.29 Å². The molecular formula is C32H55NO9. The largest absolute Gasteiger partial charge is 0.394 e. The highest BCUT2D eigenvalue weighted by atomic mass is 16.7. The maximum atomic E-state index is 12.9. The molecule has 2 rings (SSSR count). The summed E-state index contributed by atoms with van der Waals surface area (Å²) in [5.41, 5.74) is 1.34. The van der Waals surface area contributed by atoms with Crippen LogP contribution in [0.5, 0.6) is 0 Å². The van der Waals surface area contributed by atoms with E-state index in [2.05, 4.69) is 12.2 Å². The summed E-state index contributed by atoms with van der Waals surface area (Å²) in [6.45, 7) is 3.15. The molecule has 0 bridgehead atoms. The van der Waals surface area contributed by atoms with Crippen LogP contribution in [0.15, 0.2) is 24.3 Å². The molecule has 0 unspecified atom stereocenters.